The minimum atomic E-state index is -0.636. The number of benzene rings is 2. The van der Waals surface area contributed by atoms with Crippen LogP contribution in [0.3, 0.4) is 0 Å². The highest BCUT2D eigenvalue weighted by atomic mass is 16.6. The fourth-order valence-corrected chi connectivity index (χ4v) is 3.60. The van der Waals surface area contributed by atoms with Crippen LogP contribution in [0.4, 0.5) is 0 Å². The van der Waals surface area contributed by atoms with Crippen LogP contribution in [0.1, 0.15) is 58.1 Å². The van der Waals surface area contributed by atoms with Gasteiger partial charge in [-0.25, -0.2) is 0 Å². The van der Waals surface area contributed by atoms with Crippen LogP contribution < -0.4 is 9.47 Å². The zero-order valence-corrected chi connectivity index (χ0v) is 20.0. The maximum absolute atomic E-state index is 12.8. The van der Waals surface area contributed by atoms with Crippen molar-refractivity contribution in [2.75, 3.05) is 14.2 Å². The van der Waals surface area contributed by atoms with Gasteiger partial charge in [0.1, 0.15) is 23.2 Å². The third kappa shape index (κ3) is 6.74. The highest BCUT2D eigenvalue weighted by Crippen LogP contribution is 2.39. The van der Waals surface area contributed by atoms with Crippen molar-refractivity contribution in [2.45, 2.75) is 58.7 Å². The van der Waals surface area contributed by atoms with Gasteiger partial charge in [-0.05, 0) is 39.8 Å². The Morgan fingerprint density at radius 3 is 1.75 bits per heavy atom. The van der Waals surface area contributed by atoms with Gasteiger partial charge in [0.2, 0.25) is 0 Å². The summed E-state index contributed by atoms with van der Waals surface area (Å²) in [6.07, 6.45) is -0.590. The number of hydrogen-bond donors (Lipinski definition) is 0. The van der Waals surface area contributed by atoms with Gasteiger partial charge in [-0.15, -0.1) is 0 Å². The second-order valence-corrected chi connectivity index (χ2v) is 8.80. The molecule has 0 aliphatic heterocycles. The van der Waals surface area contributed by atoms with E-state index in [-0.39, 0.29) is 12.3 Å². The first kappa shape index (κ1) is 25.2. The molecule has 2 aromatic rings. The summed E-state index contributed by atoms with van der Waals surface area (Å²) in [6.45, 7) is 8.88. The summed E-state index contributed by atoms with van der Waals surface area (Å²) in [6, 6.07) is 15.3. The number of methoxy groups -OCH3 is 2. The van der Waals surface area contributed by atoms with E-state index >= 15 is 0 Å². The molecule has 0 fully saturated rings. The third-order valence-corrected chi connectivity index (χ3v) is 5.01. The predicted octanol–water partition coefficient (Wildman–Crippen LogP) is 5.14. The lowest BCUT2D eigenvalue weighted by Crippen LogP contribution is -2.30. The number of ether oxygens (including phenoxy) is 4. The maximum Gasteiger partial charge on any atom is 0.309 e. The molecule has 6 heteroatoms. The van der Waals surface area contributed by atoms with E-state index in [1.165, 1.54) is 0 Å². The number of rotatable bonds is 9. The molecule has 0 aliphatic rings. The number of para-hydroxylation sites is 2. The molecule has 2 aromatic carbocycles. The Kier molecular flexibility index (Phi) is 8.70. The lowest BCUT2D eigenvalue weighted by molar-refractivity contribution is -0.163. The summed E-state index contributed by atoms with van der Waals surface area (Å²) >= 11 is 0. The Hall–Kier alpha value is -3.02. The number of carbonyl (C=O) groups is 2. The van der Waals surface area contributed by atoms with Crippen molar-refractivity contribution in [3.8, 4) is 11.5 Å². The van der Waals surface area contributed by atoms with E-state index in [2.05, 4.69) is 0 Å². The van der Waals surface area contributed by atoms with E-state index in [9.17, 15) is 9.59 Å². The van der Waals surface area contributed by atoms with Crippen LogP contribution in [0, 0.1) is 5.92 Å². The van der Waals surface area contributed by atoms with Crippen molar-refractivity contribution in [2.24, 2.45) is 5.92 Å². The molecular formula is C26H34O6. The topological polar surface area (TPSA) is 71.1 Å². The fraction of sp³-hybridized carbons (Fsp3) is 0.462. The number of carbonyl (C=O) groups excluding carboxylic acids is 2. The second-order valence-electron chi connectivity index (χ2n) is 8.80. The first-order chi connectivity index (χ1) is 15.1. The summed E-state index contributed by atoms with van der Waals surface area (Å²) in [5.41, 5.74) is 1.14. The molecule has 32 heavy (non-hydrogen) atoms. The lowest BCUT2D eigenvalue weighted by atomic mass is 9.86. The summed E-state index contributed by atoms with van der Waals surface area (Å²) in [7, 11) is 3.22. The SMILES string of the molecule is COc1ccccc1C(c1ccccc1OC)[C@H](C)OC(=O)[C@H](C)CC(=O)OC(C)(C)C. The van der Waals surface area contributed by atoms with Gasteiger partial charge in [0.05, 0.1) is 32.5 Å². The van der Waals surface area contributed by atoms with Crippen LogP contribution in [0.25, 0.3) is 0 Å². The number of hydrogen-bond acceptors (Lipinski definition) is 6. The summed E-state index contributed by atoms with van der Waals surface area (Å²) in [4.78, 5) is 25.0. The highest BCUT2D eigenvalue weighted by molar-refractivity contribution is 5.80. The van der Waals surface area contributed by atoms with Gasteiger partial charge in [-0.2, -0.15) is 0 Å². The second kappa shape index (κ2) is 11.0. The van der Waals surface area contributed by atoms with Crippen molar-refractivity contribution in [3.05, 3.63) is 59.7 Å². The molecule has 174 valence electrons. The molecule has 0 aliphatic carbocycles. The van der Waals surface area contributed by atoms with Gasteiger partial charge in [0.15, 0.2) is 0 Å². The lowest BCUT2D eigenvalue weighted by Gasteiger charge is -2.28. The Morgan fingerprint density at radius 2 is 1.31 bits per heavy atom. The Balaban J connectivity index is 2.30. The Morgan fingerprint density at radius 1 is 0.844 bits per heavy atom. The first-order valence-corrected chi connectivity index (χ1v) is 10.8. The maximum atomic E-state index is 12.8. The molecule has 0 unspecified atom stereocenters. The molecule has 2 atom stereocenters. The quantitative estimate of drug-likeness (QED) is 0.501. The van der Waals surface area contributed by atoms with E-state index < -0.39 is 29.6 Å². The van der Waals surface area contributed by atoms with E-state index in [1.807, 2.05) is 55.5 Å². The molecule has 0 spiro atoms. The van der Waals surface area contributed by atoms with Crippen molar-refractivity contribution < 1.29 is 28.5 Å². The Labute approximate surface area is 190 Å². The van der Waals surface area contributed by atoms with E-state index in [4.69, 9.17) is 18.9 Å². The average molecular weight is 443 g/mol. The standard InChI is InChI=1S/C26H34O6/c1-17(16-23(27)32-26(3,4)5)25(28)31-18(2)24(19-12-8-10-14-21(19)29-6)20-13-9-11-15-22(20)30-7/h8-15,17-18,24H,16H2,1-7H3/t17-,18+/m1/s1. The summed E-state index contributed by atoms with van der Waals surface area (Å²) < 4.78 is 22.3. The molecule has 0 bridgehead atoms. The molecule has 0 N–H and O–H groups in total. The molecule has 2 rings (SSSR count). The highest BCUT2D eigenvalue weighted by Gasteiger charge is 2.31. The van der Waals surface area contributed by atoms with Crippen LogP contribution in [0.5, 0.6) is 11.5 Å². The molecule has 6 nitrogen and oxygen atoms in total. The summed E-state index contributed by atoms with van der Waals surface area (Å²) in [5, 5.41) is 0. The van der Waals surface area contributed by atoms with Crippen LogP contribution >= 0.6 is 0 Å². The molecular weight excluding hydrogens is 408 g/mol. The van der Waals surface area contributed by atoms with Crippen molar-refractivity contribution in [1.29, 1.82) is 0 Å². The first-order valence-electron chi connectivity index (χ1n) is 10.8. The van der Waals surface area contributed by atoms with Gasteiger partial charge >= 0.3 is 11.9 Å². The van der Waals surface area contributed by atoms with Crippen LogP contribution in [-0.4, -0.2) is 37.9 Å². The van der Waals surface area contributed by atoms with Gasteiger partial charge in [0.25, 0.3) is 0 Å². The van der Waals surface area contributed by atoms with Crippen molar-refractivity contribution in [3.63, 3.8) is 0 Å². The van der Waals surface area contributed by atoms with Gasteiger partial charge in [0, 0.05) is 11.1 Å². The van der Waals surface area contributed by atoms with E-state index in [0.29, 0.717) is 11.5 Å². The van der Waals surface area contributed by atoms with Gasteiger partial charge < -0.3 is 18.9 Å². The third-order valence-electron chi connectivity index (χ3n) is 5.01. The van der Waals surface area contributed by atoms with Crippen LogP contribution in [0.15, 0.2) is 48.5 Å². The predicted molar refractivity (Wildman–Crippen MR) is 123 cm³/mol. The Bertz CT molecular complexity index is 867. The minimum absolute atomic E-state index is 0.0448. The van der Waals surface area contributed by atoms with Crippen molar-refractivity contribution in [1.82, 2.24) is 0 Å². The molecule has 0 aromatic heterocycles. The zero-order valence-electron chi connectivity index (χ0n) is 20.0. The van der Waals surface area contributed by atoms with E-state index in [1.54, 1.807) is 41.9 Å². The van der Waals surface area contributed by atoms with Crippen LogP contribution in [0.2, 0.25) is 0 Å². The molecule has 0 saturated carbocycles. The largest absolute Gasteiger partial charge is 0.496 e. The van der Waals surface area contributed by atoms with Crippen molar-refractivity contribution >= 4 is 11.9 Å². The normalized spacial score (nSPS) is 13.2. The van der Waals surface area contributed by atoms with E-state index in [0.717, 1.165) is 11.1 Å². The molecule has 0 amide bonds. The molecule has 0 heterocycles. The minimum Gasteiger partial charge on any atom is -0.496 e. The molecule has 0 radical (unpaired) electrons. The fourth-order valence-electron chi connectivity index (χ4n) is 3.60. The average Bonchev–Trinajstić information content (AvgIpc) is 2.73. The van der Waals surface area contributed by atoms with Crippen LogP contribution in [-0.2, 0) is 19.1 Å². The molecule has 0 saturated heterocycles. The smallest absolute Gasteiger partial charge is 0.309 e. The monoisotopic (exact) mass is 442 g/mol. The van der Waals surface area contributed by atoms with Gasteiger partial charge in [-0.1, -0.05) is 43.3 Å². The zero-order chi connectivity index (χ0) is 23.9. The number of esters is 2. The summed E-state index contributed by atoms with van der Waals surface area (Å²) in [5.74, 6) is -0.483. The van der Waals surface area contributed by atoms with Gasteiger partial charge in [-0.3, -0.25) is 9.59 Å².